The van der Waals surface area contributed by atoms with Crippen molar-refractivity contribution in [3.8, 4) is 17.6 Å². The van der Waals surface area contributed by atoms with E-state index in [1.807, 2.05) is 24.3 Å². The van der Waals surface area contributed by atoms with Gasteiger partial charge < -0.3 is 9.84 Å². The molecule has 0 heterocycles. The van der Waals surface area contributed by atoms with Gasteiger partial charge in [0, 0.05) is 12.0 Å². The first-order valence-electron chi connectivity index (χ1n) is 6.55. The molecule has 0 bridgehead atoms. The zero-order chi connectivity index (χ0) is 13.2. The summed E-state index contributed by atoms with van der Waals surface area (Å²) in [5, 5.41) is 8.63. The monoisotopic (exact) mass is 246 g/mol. The minimum Gasteiger partial charge on any atom is -0.494 e. The molecule has 0 fully saturated rings. The van der Waals surface area contributed by atoms with Crippen LogP contribution in [0.15, 0.2) is 24.3 Å². The Kier molecular flexibility index (Phi) is 6.98. The summed E-state index contributed by atoms with van der Waals surface area (Å²) >= 11 is 0. The Labute approximate surface area is 110 Å². The molecule has 2 nitrogen and oxygen atoms in total. The van der Waals surface area contributed by atoms with Gasteiger partial charge in [-0.15, -0.1) is 0 Å². The van der Waals surface area contributed by atoms with E-state index in [1.54, 1.807) is 0 Å². The van der Waals surface area contributed by atoms with E-state index in [-0.39, 0.29) is 6.61 Å². The number of aliphatic hydroxyl groups excluding tert-OH is 1. The Hall–Kier alpha value is -1.46. The highest BCUT2D eigenvalue weighted by molar-refractivity contribution is 5.38. The summed E-state index contributed by atoms with van der Waals surface area (Å²) in [7, 11) is 0. The van der Waals surface area contributed by atoms with Crippen LogP contribution in [0.4, 0.5) is 0 Å². The molecule has 98 valence electrons. The predicted molar refractivity (Wildman–Crippen MR) is 74.6 cm³/mol. The van der Waals surface area contributed by atoms with Crippen molar-refractivity contribution >= 4 is 0 Å². The lowest BCUT2D eigenvalue weighted by molar-refractivity contribution is 0.297. The molecule has 0 aromatic heterocycles. The fraction of sp³-hybridized carbons (Fsp3) is 0.500. The van der Waals surface area contributed by atoms with Crippen LogP contribution in [0, 0.1) is 17.8 Å². The summed E-state index contributed by atoms with van der Waals surface area (Å²) in [6.45, 7) is 5.33. The standard InChI is InChI=1S/C16H22O2/c1-14(2)6-5-13-18-16-10-8-15(9-11-16)7-3-4-12-17/h8-11,14,17H,4-6,12-13H2,1-2H3. The van der Waals surface area contributed by atoms with Gasteiger partial charge in [-0.05, 0) is 43.0 Å². The molecule has 0 amide bonds. The minimum atomic E-state index is 0.115. The van der Waals surface area contributed by atoms with Gasteiger partial charge in [0.1, 0.15) is 5.75 Å². The van der Waals surface area contributed by atoms with Gasteiger partial charge in [-0.3, -0.25) is 0 Å². The van der Waals surface area contributed by atoms with Crippen LogP contribution in [0.2, 0.25) is 0 Å². The highest BCUT2D eigenvalue weighted by Gasteiger charge is 1.96. The summed E-state index contributed by atoms with van der Waals surface area (Å²) in [4.78, 5) is 0. The van der Waals surface area contributed by atoms with Crippen LogP contribution >= 0.6 is 0 Å². The molecule has 0 saturated carbocycles. The second-order valence-electron chi connectivity index (χ2n) is 4.68. The van der Waals surface area contributed by atoms with Gasteiger partial charge in [0.2, 0.25) is 0 Å². The van der Waals surface area contributed by atoms with E-state index in [2.05, 4.69) is 25.7 Å². The molecule has 1 rings (SSSR count). The molecular weight excluding hydrogens is 224 g/mol. The molecule has 0 atom stereocenters. The minimum absolute atomic E-state index is 0.115. The Morgan fingerprint density at radius 1 is 1.22 bits per heavy atom. The van der Waals surface area contributed by atoms with E-state index in [1.165, 1.54) is 6.42 Å². The Bertz CT molecular complexity index is 382. The lowest BCUT2D eigenvalue weighted by Gasteiger charge is -2.07. The number of benzene rings is 1. The summed E-state index contributed by atoms with van der Waals surface area (Å²) in [6.07, 6.45) is 2.81. The quantitative estimate of drug-likeness (QED) is 0.617. The van der Waals surface area contributed by atoms with Crippen LogP contribution in [-0.4, -0.2) is 18.3 Å². The van der Waals surface area contributed by atoms with Crippen LogP contribution < -0.4 is 4.74 Å². The number of hydrogen-bond donors (Lipinski definition) is 1. The van der Waals surface area contributed by atoms with Gasteiger partial charge in [0.25, 0.3) is 0 Å². The van der Waals surface area contributed by atoms with Gasteiger partial charge in [0.05, 0.1) is 13.2 Å². The number of ether oxygens (including phenoxy) is 1. The molecule has 0 saturated heterocycles. The first kappa shape index (κ1) is 14.6. The molecule has 0 aliphatic rings. The van der Waals surface area contributed by atoms with E-state index in [0.29, 0.717) is 6.42 Å². The SMILES string of the molecule is CC(C)CCCOc1ccc(C#CCCO)cc1. The van der Waals surface area contributed by atoms with E-state index in [9.17, 15) is 0 Å². The maximum Gasteiger partial charge on any atom is 0.119 e. The van der Waals surface area contributed by atoms with E-state index in [0.717, 1.165) is 30.3 Å². The van der Waals surface area contributed by atoms with Crippen molar-refractivity contribution in [2.75, 3.05) is 13.2 Å². The lowest BCUT2D eigenvalue weighted by atomic mass is 10.1. The van der Waals surface area contributed by atoms with E-state index < -0.39 is 0 Å². The van der Waals surface area contributed by atoms with Crippen LogP contribution in [-0.2, 0) is 0 Å². The third kappa shape index (κ3) is 6.32. The molecule has 0 unspecified atom stereocenters. The highest BCUT2D eigenvalue weighted by Crippen LogP contribution is 2.13. The molecule has 18 heavy (non-hydrogen) atoms. The molecule has 1 N–H and O–H groups in total. The molecule has 0 radical (unpaired) electrons. The summed E-state index contributed by atoms with van der Waals surface area (Å²) in [6, 6.07) is 7.78. The maximum atomic E-state index is 8.63. The second kappa shape index (κ2) is 8.60. The van der Waals surface area contributed by atoms with E-state index in [4.69, 9.17) is 9.84 Å². The number of hydrogen-bond acceptors (Lipinski definition) is 2. The topological polar surface area (TPSA) is 29.5 Å². The van der Waals surface area contributed by atoms with Crippen molar-refractivity contribution in [3.05, 3.63) is 29.8 Å². The van der Waals surface area contributed by atoms with Crippen molar-refractivity contribution in [3.63, 3.8) is 0 Å². The third-order valence-corrected chi connectivity index (χ3v) is 2.52. The Morgan fingerprint density at radius 2 is 1.94 bits per heavy atom. The zero-order valence-corrected chi connectivity index (χ0v) is 11.3. The van der Waals surface area contributed by atoms with E-state index >= 15 is 0 Å². The molecule has 0 spiro atoms. The van der Waals surface area contributed by atoms with Gasteiger partial charge >= 0.3 is 0 Å². The number of rotatable bonds is 6. The largest absolute Gasteiger partial charge is 0.494 e. The first-order chi connectivity index (χ1) is 8.72. The fourth-order valence-electron chi connectivity index (χ4n) is 1.54. The number of aliphatic hydroxyl groups is 1. The summed E-state index contributed by atoms with van der Waals surface area (Å²) < 4.78 is 5.65. The molecule has 0 aliphatic carbocycles. The van der Waals surface area contributed by atoms with Crippen molar-refractivity contribution in [2.24, 2.45) is 5.92 Å². The highest BCUT2D eigenvalue weighted by atomic mass is 16.5. The zero-order valence-electron chi connectivity index (χ0n) is 11.3. The average Bonchev–Trinajstić information content (AvgIpc) is 2.36. The van der Waals surface area contributed by atoms with Crippen LogP contribution in [0.3, 0.4) is 0 Å². The predicted octanol–water partition coefficient (Wildman–Crippen LogP) is 3.24. The second-order valence-corrected chi connectivity index (χ2v) is 4.68. The molecule has 2 heteroatoms. The Balaban J connectivity index is 2.34. The average molecular weight is 246 g/mol. The smallest absolute Gasteiger partial charge is 0.119 e. The fourth-order valence-corrected chi connectivity index (χ4v) is 1.54. The van der Waals surface area contributed by atoms with Crippen molar-refractivity contribution < 1.29 is 9.84 Å². The molecule has 1 aromatic rings. The van der Waals surface area contributed by atoms with Crippen molar-refractivity contribution in [1.29, 1.82) is 0 Å². The normalized spacial score (nSPS) is 10.0. The molecule has 0 aliphatic heterocycles. The van der Waals surface area contributed by atoms with Crippen LogP contribution in [0.25, 0.3) is 0 Å². The summed E-state index contributed by atoms with van der Waals surface area (Å²) in [5.74, 6) is 7.51. The third-order valence-electron chi connectivity index (χ3n) is 2.52. The van der Waals surface area contributed by atoms with Crippen LogP contribution in [0.1, 0.15) is 38.7 Å². The van der Waals surface area contributed by atoms with Crippen LogP contribution in [0.5, 0.6) is 5.75 Å². The van der Waals surface area contributed by atoms with Gasteiger partial charge in [-0.2, -0.15) is 0 Å². The molecular formula is C16H22O2. The van der Waals surface area contributed by atoms with Gasteiger partial charge in [-0.25, -0.2) is 0 Å². The van der Waals surface area contributed by atoms with Crippen molar-refractivity contribution in [1.82, 2.24) is 0 Å². The van der Waals surface area contributed by atoms with Crippen molar-refractivity contribution in [2.45, 2.75) is 33.1 Å². The van der Waals surface area contributed by atoms with Gasteiger partial charge in [0.15, 0.2) is 0 Å². The summed E-state index contributed by atoms with van der Waals surface area (Å²) in [5.41, 5.74) is 0.956. The lowest BCUT2D eigenvalue weighted by Crippen LogP contribution is -1.99. The Morgan fingerprint density at radius 3 is 2.56 bits per heavy atom. The van der Waals surface area contributed by atoms with Gasteiger partial charge in [-0.1, -0.05) is 25.7 Å². The first-order valence-corrected chi connectivity index (χ1v) is 6.55. The maximum absolute atomic E-state index is 8.63. The molecule has 1 aromatic carbocycles.